The van der Waals surface area contributed by atoms with Gasteiger partial charge in [0.2, 0.25) is 0 Å². The monoisotopic (exact) mass is 250 g/mol. The second-order valence-electron chi connectivity index (χ2n) is 3.09. The first-order valence-electron chi connectivity index (χ1n) is 3.41. The van der Waals surface area contributed by atoms with Crippen LogP contribution in [0.2, 0.25) is 0 Å². The van der Waals surface area contributed by atoms with Crippen molar-refractivity contribution in [1.29, 1.82) is 0 Å². The maximum absolute atomic E-state index is 5.88. The first-order chi connectivity index (χ1) is 5.00. The van der Waals surface area contributed by atoms with Gasteiger partial charge >= 0.3 is 0 Å². The fraction of sp³-hybridized carbons (Fsp3) is 0.375. The summed E-state index contributed by atoms with van der Waals surface area (Å²) in [5.41, 5.74) is 6.67. The van der Waals surface area contributed by atoms with Gasteiger partial charge in [-0.1, -0.05) is 0 Å². The summed E-state index contributed by atoms with van der Waals surface area (Å²) in [5.74, 6) is 0. The number of nitrogens with two attached hydrogens (primary N) is 1. The van der Waals surface area contributed by atoms with Gasteiger partial charge in [0.1, 0.15) is 4.60 Å². The summed E-state index contributed by atoms with van der Waals surface area (Å²) in [6.07, 6.45) is 1.74. The molecule has 1 rings (SSSR count). The van der Waals surface area contributed by atoms with Gasteiger partial charge in [0, 0.05) is 11.7 Å². The Bertz CT molecular complexity index is 257. The number of hydrogen-bond acceptors (Lipinski definition) is 2. The predicted molar refractivity (Wildman–Crippen MR) is 56.4 cm³/mol. The third-order valence-corrected chi connectivity index (χ3v) is 1.90. The van der Waals surface area contributed by atoms with E-state index >= 15 is 0 Å². The van der Waals surface area contributed by atoms with E-state index in [2.05, 4.69) is 20.9 Å². The Kier molecular flexibility index (Phi) is 4.17. The third-order valence-electron chi connectivity index (χ3n) is 1.47. The van der Waals surface area contributed by atoms with Crippen LogP contribution in [0.4, 0.5) is 0 Å². The molecule has 2 nitrogen and oxygen atoms in total. The van der Waals surface area contributed by atoms with E-state index in [1.54, 1.807) is 6.20 Å². The van der Waals surface area contributed by atoms with Crippen LogP contribution in [0, 0.1) is 0 Å². The van der Waals surface area contributed by atoms with Crippen LogP contribution >= 0.6 is 28.3 Å². The average molecular weight is 252 g/mol. The molecule has 0 spiro atoms. The molecule has 1 aromatic heterocycles. The molecule has 0 saturated heterocycles. The van der Waals surface area contributed by atoms with Crippen LogP contribution in [0.5, 0.6) is 0 Å². The molecule has 0 aliphatic heterocycles. The van der Waals surface area contributed by atoms with E-state index < -0.39 is 0 Å². The van der Waals surface area contributed by atoms with Gasteiger partial charge in [-0.2, -0.15) is 0 Å². The fourth-order valence-corrected chi connectivity index (χ4v) is 1.17. The van der Waals surface area contributed by atoms with E-state index in [0.717, 1.165) is 10.2 Å². The molecule has 68 valence electrons. The SMILES string of the molecule is CC(C)(N)c1ccnc(Br)c1.Cl. The molecule has 0 aromatic carbocycles. The predicted octanol–water partition coefficient (Wildman–Crippen LogP) is 2.46. The minimum atomic E-state index is -0.286. The maximum atomic E-state index is 5.88. The number of aromatic nitrogens is 1. The zero-order valence-electron chi connectivity index (χ0n) is 7.04. The molecule has 1 aromatic rings. The molecule has 0 atom stereocenters. The number of pyridine rings is 1. The summed E-state index contributed by atoms with van der Waals surface area (Å²) >= 11 is 3.29. The molecule has 12 heavy (non-hydrogen) atoms. The van der Waals surface area contributed by atoms with E-state index in [1.807, 2.05) is 26.0 Å². The van der Waals surface area contributed by atoms with Crippen LogP contribution in [0.1, 0.15) is 19.4 Å². The van der Waals surface area contributed by atoms with Crippen LogP contribution < -0.4 is 5.73 Å². The van der Waals surface area contributed by atoms with E-state index in [0.29, 0.717) is 0 Å². The molecule has 0 unspecified atom stereocenters. The highest BCUT2D eigenvalue weighted by Gasteiger charge is 2.13. The summed E-state index contributed by atoms with van der Waals surface area (Å²) in [4.78, 5) is 4.01. The Morgan fingerprint density at radius 1 is 1.50 bits per heavy atom. The van der Waals surface area contributed by atoms with Gasteiger partial charge < -0.3 is 5.73 Å². The summed E-state index contributed by atoms with van der Waals surface area (Å²) in [7, 11) is 0. The molecule has 0 aliphatic carbocycles. The van der Waals surface area contributed by atoms with Gasteiger partial charge in [-0.25, -0.2) is 4.98 Å². The number of halogens is 2. The van der Waals surface area contributed by atoms with Crippen molar-refractivity contribution in [2.24, 2.45) is 5.73 Å². The van der Waals surface area contributed by atoms with Gasteiger partial charge in [-0.05, 0) is 47.5 Å². The lowest BCUT2D eigenvalue weighted by Crippen LogP contribution is -2.28. The van der Waals surface area contributed by atoms with Crippen LogP contribution in [0.25, 0.3) is 0 Å². The third kappa shape index (κ3) is 3.09. The second kappa shape index (κ2) is 4.21. The summed E-state index contributed by atoms with van der Waals surface area (Å²) in [6, 6.07) is 3.85. The Morgan fingerprint density at radius 3 is 2.42 bits per heavy atom. The molecule has 0 fully saturated rings. The highest BCUT2D eigenvalue weighted by molar-refractivity contribution is 9.10. The Balaban J connectivity index is 0.00000121. The van der Waals surface area contributed by atoms with E-state index in [9.17, 15) is 0 Å². The van der Waals surface area contributed by atoms with Crippen molar-refractivity contribution in [3.63, 3.8) is 0 Å². The molecule has 2 N–H and O–H groups in total. The molecule has 4 heteroatoms. The van der Waals surface area contributed by atoms with Gasteiger partial charge in [0.05, 0.1) is 0 Å². The van der Waals surface area contributed by atoms with Crippen LogP contribution in [-0.4, -0.2) is 4.98 Å². The lowest BCUT2D eigenvalue weighted by atomic mass is 9.97. The number of rotatable bonds is 1. The fourth-order valence-electron chi connectivity index (χ4n) is 0.803. The molecule has 0 radical (unpaired) electrons. The van der Waals surface area contributed by atoms with Crippen LogP contribution in [-0.2, 0) is 5.54 Å². The first-order valence-corrected chi connectivity index (χ1v) is 4.20. The molecule has 1 heterocycles. The zero-order chi connectivity index (χ0) is 8.48. The van der Waals surface area contributed by atoms with E-state index in [-0.39, 0.29) is 17.9 Å². The van der Waals surface area contributed by atoms with Crippen molar-refractivity contribution in [3.05, 3.63) is 28.5 Å². The Labute approximate surface area is 87.1 Å². The van der Waals surface area contributed by atoms with Crippen LogP contribution in [0.15, 0.2) is 22.9 Å². The second-order valence-corrected chi connectivity index (χ2v) is 3.90. The molecule has 0 amide bonds. The van der Waals surface area contributed by atoms with E-state index in [4.69, 9.17) is 5.73 Å². The number of hydrogen-bond donors (Lipinski definition) is 1. The van der Waals surface area contributed by atoms with Crippen LogP contribution in [0.3, 0.4) is 0 Å². The first kappa shape index (κ1) is 11.9. The van der Waals surface area contributed by atoms with Crippen molar-refractivity contribution in [2.45, 2.75) is 19.4 Å². The lowest BCUT2D eigenvalue weighted by Gasteiger charge is -2.18. The van der Waals surface area contributed by atoms with Gasteiger partial charge in [-0.3, -0.25) is 0 Å². The van der Waals surface area contributed by atoms with Crippen molar-refractivity contribution >= 4 is 28.3 Å². The minimum Gasteiger partial charge on any atom is -0.322 e. The largest absolute Gasteiger partial charge is 0.322 e. The van der Waals surface area contributed by atoms with Gasteiger partial charge in [0.25, 0.3) is 0 Å². The molecular weight excluding hydrogens is 239 g/mol. The topological polar surface area (TPSA) is 38.9 Å². The smallest absolute Gasteiger partial charge is 0.106 e. The van der Waals surface area contributed by atoms with Crippen molar-refractivity contribution in [1.82, 2.24) is 4.98 Å². The standard InChI is InChI=1S/C8H11BrN2.ClH/c1-8(2,10)6-3-4-11-7(9)5-6;/h3-5H,10H2,1-2H3;1H. The molecule has 0 saturated carbocycles. The quantitative estimate of drug-likeness (QED) is 0.779. The van der Waals surface area contributed by atoms with Crippen molar-refractivity contribution in [3.8, 4) is 0 Å². The lowest BCUT2D eigenvalue weighted by molar-refractivity contribution is 0.553. The number of nitrogens with zero attached hydrogens (tertiary/aromatic N) is 1. The molecule has 0 aliphatic rings. The normalized spacial score (nSPS) is 10.7. The van der Waals surface area contributed by atoms with Gasteiger partial charge in [0.15, 0.2) is 0 Å². The maximum Gasteiger partial charge on any atom is 0.106 e. The zero-order valence-corrected chi connectivity index (χ0v) is 9.45. The highest BCUT2D eigenvalue weighted by atomic mass is 79.9. The summed E-state index contributed by atoms with van der Waals surface area (Å²) in [6.45, 7) is 3.93. The Hall–Kier alpha value is -0.120. The highest BCUT2D eigenvalue weighted by Crippen LogP contribution is 2.18. The van der Waals surface area contributed by atoms with Gasteiger partial charge in [-0.15, -0.1) is 12.4 Å². The van der Waals surface area contributed by atoms with E-state index in [1.165, 1.54) is 0 Å². The van der Waals surface area contributed by atoms with Crippen molar-refractivity contribution in [2.75, 3.05) is 0 Å². The minimum absolute atomic E-state index is 0. The average Bonchev–Trinajstić information content (AvgIpc) is 1.86. The van der Waals surface area contributed by atoms with Crippen molar-refractivity contribution < 1.29 is 0 Å². The molecule has 0 bridgehead atoms. The summed E-state index contributed by atoms with van der Waals surface area (Å²) < 4.78 is 0.827. The summed E-state index contributed by atoms with van der Waals surface area (Å²) in [5, 5.41) is 0. The molecular formula is C8H12BrClN2. The Morgan fingerprint density at radius 2 is 2.08 bits per heavy atom.